The van der Waals surface area contributed by atoms with Crippen molar-refractivity contribution in [1.82, 2.24) is 14.9 Å². The smallest absolute Gasteiger partial charge is 0.251 e. The lowest BCUT2D eigenvalue weighted by Crippen LogP contribution is -2.22. The maximum atomic E-state index is 12.1. The molecule has 0 atom stereocenters. The van der Waals surface area contributed by atoms with E-state index in [0.717, 1.165) is 5.16 Å². The number of benzene rings is 1. The van der Waals surface area contributed by atoms with Gasteiger partial charge < -0.3 is 19.6 Å². The highest BCUT2D eigenvalue weighted by molar-refractivity contribution is 7.99. The summed E-state index contributed by atoms with van der Waals surface area (Å²) in [6, 6.07) is 10.3. The lowest BCUT2D eigenvalue weighted by atomic mass is 10.2. The number of hydrogen-bond acceptors (Lipinski definition) is 5. The molecule has 0 aliphatic rings. The molecule has 0 saturated heterocycles. The third kappa shape index (κ3) is 4.76. The van der Waals surface area contributed by atoms with Crippen molar-refractivity contribution < 1.29 is 14.0 Å². The average molecular weight is 370 g/mol. The molecular weight excluding hydrogens is 352 g/mol. The summed E-state index contributed by atoms with van der Waals surface area (Å²) in [5.41, 5.74) is 1.15. The van der Waals surface area contributed by atoms with Crippen molar-refractivity contribution in [2.24, 2.45) is 7.05 Å². The first-order valence-corrected chi connectivity index (χ1v) is 8.91. The second-order valence-corrected chi connectivity index (χ2v) is 6.44. The molecular formula is C18H18N4O3S. The van der Waals surface area contributed by atoms with Crippen LogP contribution in [0.5, 0.6) is 0 Å². The lowest BCUT2D eigenvalue weighted by molar-refractivity contribution is -0.113. The fraction of sp³-hybridized carbons (Fsp3) is 0.167. The fourth-order valence-electron chi connectivity index (χ4n) is 2.21. The van der Waals surface area contributed by atoms with E-state index in [9.17, 15) is 9.59 Å². The number of aryl methyl sites for hydroxylation is 1. The van der Waals surface area contributed by atoms with E-state index in [2.05, 4.69) is 15.6 Å². The number of carbonyl (C=O) groups is 2. The Balaban J connectivity index is 1.48. The van der Waals surface area contributed by atoms with E-state index < -0.39 is 0 Å². The Kier molecular flexibility index (Phi) is 5.75. The number of anilines is 1. The Labute approximate surface area is 154 Å². The molecule has 134 valence electrons. The summed E-state index contributed by atoms with van der Waals surface area (Å²) in [6.45, 7) is 0.328. The van der Waals surface area contributed by atoms with Gasteiger partial charge in [0, 0.05) is 30.7 Å². The van der Waals surface area contributed by atoms with Crippen molar-refractivity contribution in [1.29, 1.82) is 0 Å². The summed E-state index contributed by atoms with van der Waals surface area (Å²) in [6.07, 6.45) is 5.08. The van der Waals surface area contributed by atoms with Crippen LogP contribution in [-0.2, 0) is 18.4 Å². The van der Waals surface area contributed by atoms with Gasteiger partial charge in [0.05, 0.1) is 18.6 Å². The zero-order valence-corrected chi connectivity index (χ0v) is 15.0. The fourth-order valence-corrected chi connectivity index (χ4v) is 2.94. The summed E-state index contributed by atoms with van der Waals surface area (Å²) in [5.74, 6) is 0.612. The number of thioether (sulfide) groups is 1. The molecule has 1 aromatic carbocycles. The minimum atomic E-state index is -0.204. The van der Waals surface area contributed by atoms with Crippen LogP contribution in [0.2, 0.25) is 0 Å². The van der Waals surface area contributed by atoms with Crippen LogP contribution < -0.4 is 10.6 Å². The van der Waals surface area contributed by atoms with Gasteiger partial charge in [0.25, 0.3) is 5.91 Å². The van der Waals surface area contributed by atoms with E-state index in [0.29, 0.717) is 23.6 Å². The second kappa shape index (κ2) is 8.39. The number of furan rings is 1. The van der Waals surface area contributed by atoms with Crippen LogP contribution in [-0.4, -0.2) is 27.1 Å². The zero-order chi connectivity index (χ0) is 18.4. The third-order valence-electron chi connectivity index (χ3n) is 3.54. The highest BCUT2D eigenvalue weighted by Crippen LogP contribution is 2.15. The molecule has 0 radical (unpaired) electrons. The minimum Gasteiger partial charge on any atom is -0.467 e. The molecule has 2 heterocycles. The van der Waals surface area contributed by atoms with Crippen molar-refractivity contribution in [3.63, 3.8) is 0 Å². The van der Waals surface area contributed by atoms with Gasteiger partial charge in [0.15, 0.2) is 5.16 Å². The summed E-state index contributed by atoms with van der Waals surface area (Å²) in [7, 11) is 1.88. The molecule has 0 bridgehead atoms. The van der Waals surface area contributed by atoms with Crippen LogP contribution >= 0.6 is 11.8 Å². The normalized spacial score (nSPS) is 10.5. The topological polar surface area (TPSA) is 89.2 Å². The Bertz CT molecular complexity index is 872. The van der Waals surface area contributed by atoms with Crippen LogP contribution in [0.1, 0.15) is 16.1 Å². The van der Waals surface area contributed by atoms with Crippen LogP contribution in [0, 0.1) is 0 Å². The number of hydrogen-bond donors (Lipinski definition) is 2. The van der Waals surface area contributed by atoms with Gasteiger partial charge in [-0.2, -0.15) is 0 Å². The first-order chi connectivity index (χ1) is 12.6. The van der Waals surface area contributed by atoms with Crippen LogP contribution in [0.3, 0.4) is 0 Å². The molecule has 0 aliphatic carbocycles. The molecule has 0 unspecified atom stereocenters. The number of carbonyl (C=O) groups excluding carboxylic acids is 2. The predicted octanol–water partition coefficient (Wildman–Crippen LogP) is 2.67. The molecule has 3 aromatic rings. The largest absolute Gasteiger partial charge is 0.467 e. The van der Waals surface area contributed by atoms with E-state index >= 15 is 0 Å². The lowest BCUT2D eigenvalue weighted by Gasteiger charge is -2.07. The number of amides is 2. The van der Waals surface area contributed by atoms with Crippen molar-refractivity contribution >= 4 is 29.3 Å². The number of nitrogens with zero attached hydrogens (tertiary/aromatic N) is 2. The summed E-state index contributed by atoms with van der Waals surface area (Å²) in [5, 5.41) is 6.35. The molecule has 0 saturated carbocycles. The highest BCUT2D eigenvalue weighted by Gasteiger charge is 2.09. The number of imidazole rings is 1. The van der Waals surface area contributed by atoms with E-state index in [1.807, 2.05) is 17.8 Å². The molecule has 0 fully saturated rings. The first-order valence-electron chi connectivity index (χ1n) is 7.92. The van der Waals surface area contributed by atoms with Crippen LogP contribution in [0.25, 0.3) is 0 Å². The maximum absolute atomic E-state index is 12.1. The molecule has 2 aromatic heterocycles. The monoisotopic (exact) mass is 370 g/mol. The first kappa shape index (κ1) is 17.8. The van der Waals surface area contributed by atoms with Gasteiger partial charge in [-0.15, -0.1) is 0 Å². The molecule has 3 rings (SSSR count). The van der Waals surface area contributed by atoms with E-state index in [-0.39, 0.29) is 17.6 Å². The molecule has 26 heavy (non-hydrogen) atoms. The Morgan fingerprint density at radius 2 is 2.04 bits per heavy atom. The molecule has 0 aliphatic heterocycles. The number of aromatic nitrogens is 2. The van der Waals surface area contributed by atoms with E-state index in [4.69, 9.17) is 4.42 Å². The van der Waals surface area contributed by atoms with Crippen molar-refractivity contribution in [2.75, 3.05) is 11.1 Å². The quantitative estimate of drug-likeness (QED) is 0.624. The predicted molar refractivity (Wildman–Crippen MR) is 98.9 cm³/mol. The summed E-state index contributed by atoms with van der Waals surface area (Å²) in [4.78, 5) is 28.3. The molecule has 8 heteroatoms. The van der Waals surface area contributed by atoms with E-state index in [1.54, 1.807) is 48.9 Å². The SMILES string of the molecule is Cn1ccnc1SCC(=O)Nc1ccc(C(=O)NCc2ccco2)cc1. The van der Waals surface area contributed by atoms with Gasteiger partial charge in [0.2, 0.25) is 5.91 Å². The summed E-state index contributed by atoms with van der Waals surface area (Å²) < 4.78 is 7.02. The van der Waals surface area contributed by atoms with Crippen molar-refractivity contribution in [3.05, 3.63) is 66.4 Å². The van der Waals surface area contributed by atoms with Gasteiger partial charge in [0.1, 0.15) is 5.76 Å². The van der Waals surface area contributed by atoms with Crippen LogP contribution in [0.4, 0.5) is 5.69 Å². The second-order valence-electron chi connectivity index (χ2n) is 5.50. The third-order valence-corrected chi connectivity index (χ3v) is 4.60. The summed E-state index contributed by atoms with van der Waals surface area (Å²) >= 11 is 1.36. The maximum Gasteiger partial charge on any atom is 0.251 e. The molecule has 2 N–H and O–H groups in total. The minimum absolute atomic E-state index is 0.131. The average Bonchev–Trinajstić information content (AvgIpc) is 3.30. The van der Waals surface area contributed by atoms with Crippen molar-refractivity contribution in [3.8, 4) is 0 Å². The van der Waals surface area contributed by atoms with Gasteiger partial charge in [-0.1, -0.05) is 11.8 Å². The van der Waals surface area contributed by atoms with Crippen LogP contribution in [0.15, 0.2) is 64.6 Å². The van der Waals surface area contributed by atoms with Gasteiger partial charge >= 0.3 is 0 Å². The Morgan fingerprint density at radius 1 is 1.23 bits per heavy atom. The number of rotatable bonds is 7. The van der Waals surface area contributed by atoms with E-state index in [1.165, 1.54) is 11.8 Å². The van der Waals surface area contributed by atoms with Gasteiger partial charge in [-0.05, 0) is 36.4 Å². The van der Waals surface area contributed by atoms with Gasteiger partial charge in [-0.3, -0.25) is 9.59 Å². The molecule has 2 amide bonds. The standard InChI is InChI=1S/C18H18N4O3S/c1-22-9-8-19-18(22)26-12-16(23)21-14-6-4-13(5-7-14)17(24)20-11-15-3-2-10-25-15/h2-10H,11-12H2,1H3,(H,20,24)(H,21,23). The zero-order valence-electron chi connectivity index (χ0n) is 14.1. The number of nitrogens with one attached hydrogen (secondary N) is 2. The van der Waals surface area contributed by atoms with Crippen molar-refractivity contribution in [2.45, 2.75) is 11.7 Å². The Hall–Kier alpha value is -3.00. The van der Waals surface area contributed by atoms with Gasteiger partial charge in [-0.25, -0.2) is 4.98 Å². The molecule has 0 spiro atoms. The molecule has 7 nitrogen and oxygen atoms in total. The highest BCUT2D eigenvalue weighted by atomic mass is 32.2. The Morgan fingerprint density at radius 3 is 2.69 bits per heavy atom.